The molecule has 0 N–H and O–H groups in total. The van der Waals surface area contributed by atoms with Crippen LogP contribution in [0.15, 0.2) is 67.4 Å². The van der Waals surface area contributed by atoms with Gasteiger partial charge in [-0.15, -0.1) is 0 Å². The van der Waals surface area contributed by atoms with Crippen LogP contribution in [-0.2, 0) is 17.8 Å². The molecule has 0 saturated heterocycles. The molecule has 0 bridgehead atoms. The minimum atomic E-state index is -0.146. The van der Waals surface area contributed by atoms with Gasteiger partial charge in [-0.05, 0) is 43.5 Å². The third kappa shape index (κ3) is 4.78. The number of aromatic nitrogens is 4. The monoisotopic (exact) mass is 388 g/mol. The Kier molecular flexibility index (Phi) is 5.81. The van der Waals surface area contributed by atoms with Crippen molar-refractivity contribution in [3.63, 3.8) is 0 Å². The van der Waals surface area contributed by atoms with E-state index in [-0.39, 0.29) is 6.23 Å². The molecule has 1 unspecified atom stereocenters. The molecule has 0 amide bonds. The molecular weight excluding hydrogens is 364 g/mol. The topological polar surface area (TPSA) is 62.1 Å². The fourth-order valence-corrected chi connectivity index (χ4v) is 3.08. The number of rotatable bonds is 8. The number of hydrogen-bond acceptors (Lipinski definition) is 5. The summed E-state index contributed by atoms with van der Waals surface area (Å²) >= 11 is 0. The number of fused-ring (bicyclic) bond motifs is 1. The zero-order valence-corrected chi connectivity index (χ0v) is 16.7. The van der Waals surface area contributed by atoms with Gasteiger partial charge in [-0.3, -0.25) is 4.57 Å². The van der Waals surface area contributed by atoms with Crippen LogP contribution in [0.3, 0.4) is 0 Å². The molecule has 4 rings (SSSR count). The van der Waals surface area contributed by atoms with Crippen molar-refractivity contribution in [1.29, 1.82) is 0 Å². The predicted molar refractivity (Wildman–Crippen MR) is 112 cm³/mol. The summed E-state index contributed by atoms with van der Waals surface area (Å²) in [5.74, 6) is 0.869. The molecule has 0 aliphatic rings. The van der Waals surface area contributed by atoms with Crippen LogP contribution in [0.5, 0.6) is 5.75 Å². The Labute approximate surface area is 170 Å². The summed E-state index contributed by atoms with van der Waals surface area (Å²) in [6.07, 6.45) is 5.64. The van der Waals surface area contributed by atoms with E-state index in [9.17, 15) is 0 Å². The molecule has 0 spiro atoms. The molecule has 4 aromatic rings. The van der Waals surface area contributed by atoms with Crippen molar-refractivity contribution in [3.05, 3.63) is 84.1 Å². The summed E-state index contributed by atoms with van der Waals surface area (Å²) in [6, 6.07) is 16.6. The second-order valence-electron chi connectivity index (χ2n) is 7.02. The van der Waals surface area contributed by atoms with Gasteiger partial charge in [0.2, 0.25) is 0 Å². The SMILES string of the molecule is Cc1ccc(COc2ccc(CCOC(C)n3cnc4cncnc43)cc2)cc1. The molecule has 29 heavy (non-hydrogen) atoms. The Morgan fingerprint density at radius 2 is 1.72 bits per heavy atom. The summed E-state index contributed by atoms with van der Waals surface area (Å²) in [5.41, 5.74) is 5.17. The molecule has 2 aromatic heterocycles. The average Bonchev–Trinajstić information content (AvgIpc) is 3.18. The first-order valence-corrected chi connectivity index (χ1v) is 9.70. The third-order valence-corrected chi connectivity index (χ3v) is 4.83. The second-order valence-corrected chi connectivity index (χ2v) is 7.02. The number of imidazole rings is 1. The maximum Gasteiger partial charge on any atom is 0.165 e. The largest absolute Gasteiger partial charge is 0.489 e. The van der Waals surface area contributed by atoms with Crippen molar-refractivity contribution in [2.45, 2.75) is 33.1 Å². The van der Waals surface area contributed by atoms with Gasteiger partial charge in [0, 0.05) is 0 Å². The highest BCUT2D eigenvalue weighted by Gasteiger charge is 2.10. The van der Waals surface area contributed by atoms with Gasteiger partial charge in [-0.1, -0.05) is 42.0 Å². The fourth-order valence-electron chi connectivity index (χ4n) is 3.08. The van der Waals surface area contributed by atoms with Crippen molar-refractivity contribution < 1.29 is 9.47 Å². The van der Waals surface area contributed by atoms with E-state index in [0.717, 1.165) is 23.3 Å². The van der Waals surface area contributed by atoms with Gasteiger partial charge in [0.1, 0.15) is 30.4 Å². The zero-order valence-electron chi connectivity index (χ0n) is 16.7. The lowest BCUT2D eigenvalue weighted by atomic mass is 10.1. The normalized spacial score (nSPS) is 12.2. The van der Waals surface area contributed by atoms with Gasteiger partial charge < -0.3 is 9.47 Å². The van der Waals surface area contributed by atoms with E-state index in [1.807, 2.05) is 23.6 Å². The van der Waals surface area contributed by atoms with Crippen molar-refractivity contribution >= 4 is 11.2 Å². The standard InChI is InChI=1S/C23H24N4O2/c1-17-3-5-20(6-4-17)14-29-21-9-7-19(8-10-21)11-12-28-18(2)27-16-26-22-13-24-15-25-23(22)27/h3-10,13,15-16,18H,11-12,14H2,1-2H3. The fraction of sp³-hybridized carbons (Fsp3) is 0.261. The minimum Gasteiger partial charge on any atom is -0.489 e. The van der Waals surface area contributed by atoms with E-state index in [0.29, 0.717) is 13.2 Å². The first-order valence-electron chi connectivity index (χ1n) is 9.70. The van der Waals surface area contributed by atoms with E-state index >= 15 is 0 Å². The zero-order chi connectivity index (χ0) is 20.1. The molecule has 0 saturated carbocycles. The molecule has 0 aliphatic carbocycles. The Morgan fingerprint density at radius 3 is 2.52 bits per heavy atom. The number of aryl methyl sites for hydroxylation is 1. The van der Waals surface area contributed by atoms with E-state index in [4.69, 9.17) is 9.47 Å². The number of benzene rings is 2. The van der Waals surface area contributed by atoms with Crippen LogP contribution < -0.4 is 4.74 Å². The lowest BCUT2D eigenvalue weighted by Gasteiger charge is -2.15. The lowest BCUT2D eigenvalue weighted by molar-refractivity contribution is 0.0205. The van der Waals surface area contributed by atoms with Crippen LogP contribution in [0.25, 0.3) is 11.2 Å². The number of hydrogen-bond donors (Lipinski definition) is 0. The molecule has 0 fully saturated rings. The summed E-state index contributed by atoms with van der Waals surface area (Å²) < 4.78 is 13.8. The molecule has 0 aliphatic heterocycles. The van der Waals surface area contributed by atoms with Crippen molar-refractivity contribution in [1.82, 2.24) is 19.5 Å². The molecule has 6 nitrogen and oxygen atoms in total. The smallest absolute Gasteiger partial charge is 0.165 e. The maximum absolute atomic E-state index is 5.97. The van der Waals surface area contributed by atoms with Gasteiger partial charge in [-0.25, -0.2) is 15.0 Å². The first-order chi connectivity index (χ1) is 14.2. The Hall–Kier alpha value is -3.25. The molecule has 1 atom stereocenters. The summed E-state index contributed by atoms with van der Waals surface area (Å²) in [6.45, 7) is 5.25. The molecular formula is C23H24N4O2. The molecule has 0 radical (unpaired) electrons. The second kappa shape index (κ2) is 8.84. The maximum atomic E-state index is 5.97. The Morgan fingerprint density at radius 1 is 0.966 bits per heavy atom. The lowest BCUT2D eigenvalue weighted by Crippen LogP contribution is -2.11. The minimum absolute atomic E-state index is 0.146. The van der Waals surface area contributed by atoms with Crippen molar-refractivity contribution in [2.24, 2.45) is 0 Å². The van der Waals surface area contributed by atoms with Gasteiger partial charge in [0.25, 0.3) is 0 Å². The van der Waals surface area contributed by atoms with E-state index in [1.165, 1.54) is 23.0 Å². The Balaban J connectivity index is 1.26. The highest BCUT2D eigenvalue weighted by atomic mass is 16.5. The molecule has 6 heteroatoms. The van der Waals surface area contributed by atoms with Crippen molar-refractivity contribution in [3.8, 4) is 5.75 Å². The summed E-state index contributed by atoms with van der Waals surface area (Å²) in [5, 5.41) is 0. The van der Waals surface area contributed by atoms with Crippen LogP contribution in [0.2, 0.25) is 0 Å². The van der Waals surface area contributed by atoms with Crippen LogP contribution in [-0.4, -0.2) is 26.1 Å². The number of nitrogens with zero attached hydrogens (tertiary/aromatic N) is 4. The summed E-state index contributed by atoms with van der Waals surface area (Å²) in [7, 11) is 0. The molecule has 148 valence electrons. The van der Waals surface area contributed by atoms with E-state index in [1.54, 1.807) is 12.5 Å². The van der Waals surface area contributed by atoms with Gasteiger partial charge in [-0.2, -0.15) is 0 Å². The average molecular weight is 388 g/mol. The molecule has 2 aromatic carbocycles. The first kappa shape index (κ1) is 19.1. The highest BCUT2D eigenvalue weighted by molar-refractivity contribution is 5.68. The van der Waals surface area contributed by atoms with Crippen molar-refractivity contribution in [2.75, 3.05) is 6.61 Å². The van der Waals surface area contributed by atoms with Gasteiger partial charge in [0.15, 0.2) is 5.65 Å². The van der Waals surface area contributed by atoms with E-state index in [2.05, 4.69) is 58.3 Å². The van der Waals surface area contributed by atoms with Crippen LogP contribution >= 0.6 is 0 Å². The van der Waals surface area contributed by atoms with Gasteiger partial charge in [0.05, 0.1) is 19.1 Å². The van der Waals surface area contributed by atoms with Crippen LogP contribution in [0.4, 0.5) is 0 Å². The van der Waals surface area contributed by atoms with Crippen LogP contribution in [0.1, 0.15) is 29.8 Å². The molecule has 2 heterocycles. The van der Waals surface area contributed by atoms with Crippen LogP contribution in [0, 0.1) is 6.92 Å². The third-order valence-electron chi connectivity index (χ3n) is 4.83. The van der Waals surface area contributed by atoms with E-state index < -0.39 is 0 Å². The predicted octanol–water partition coefficient (Wildman–Crippen LogP) is 4.49. The highest BCUT2D eigenvalue weighted by Crippen LogP contribution is 2.17. The quantitative estimate of drug-likeness (QED) is 0.445. The summed E-state index contributed by atoms with van der Waals surface area (Å²) in [4.78, 5) is 12.6. The number of ether oxygens (including phenoxy) is 2. The van der Waals surface area contributed by atoms with Gasteiger partial charge >= 0.3 is 0 Å². The Bertz CT molecular complexity index is 1060.